The van der Waals surface area contributed by atoms with Crippen molar-refractivity contribution in [3.05, 3.63) is 42.1 Å². The molecule has 4 aromatic rings. The number of fused-ring (bicyclic) bond motifs is 4. The lowest BCUT2D eigenvalue weighted by Gasteiger charge is -2.18. The Kier molecular flexibility index (Phi) is 3.72. The molecule has 0 saturated carbocycles. The van der Waals surface area contributed by atoms with Gasteiger partial charge in [-0.3, -0.25) is 0 Å². The van der Waals surface area contributed by atoms with Gasteiger partial charge in [-0.2, -0.15) is 4.57 Å². The van der Waals surface area contributed by atoms with Crippen LogP contribution in [0.2, 0.25) is 0 Å². The maximum atomic E-state index is 12.4. The summed E-state index contributed by atoms with van der Waals surface area (Å²) in [6.07, 6.45) is 2.50. The van der Waals surface area contributed by atoms with Crippen LogP contribution >= 0.6 is 0 Å². The Morgan fingerprint density at radius 2 is 1.87 bits per heavy atom. The first-order chi connectivity index (χ1) is 15.1. The van der Waals surface area contributed by atoms with Crippen molar-refractivity contribution >= 4 is 38.5 Å². The minimum Gasteiger partial charge on any atom is -0.493 e. The van der Waals surface area contributed by atoms with Crippen LogP contribution < -0.4 is 23.5 Å². The topological polar surface area (TPSA) is 61.1 Å². The second-order valence-electron chi connectivity index (χ2n) is 8.05. The summed E-state index contributed by atoms with van der Waals surface area (Å²) in [5, 5.41) is 5.19. The van der Waals surface area contributed by atoms with Crippen LogP contribution in [0, 0.1) is 0 Å². The number of amides is 1. The van der Waals surface area contributed by atoms with E-state index in [1.54, 1.807) is 21.2 Å². The van der Waals surface area contributed by atoms with Crippen molar-refractivity contribution in [2.45, 2.75) is 13.0 Å². The smallest absolute Gasteiger partial charge is 0.414 e. The van der Waals surface area contributed by atoms with Gasteiger partial charge in [-0.15, -0.1) is 0 Å². The largest absolute Gasteiger partial charge is 0.493 e. The monoisotopic (exact) mass is 417 g/mol. The molecule has 31 heavy (non-hydrogen) atoms. The van der Waals surface area contributed by atoms with Crippen molar-refractivity contribution in [2.75, 3.05) is 28.0 Å². The predicted octanol–water partition coefficient (Wildman–Crippen LogP) is 3.79. The molecule has 0 fully saturated rings. The molecule has 2 aliphatic heterocycles. The third-order valence-electron chi connectivity index (χ3n) is 6.11. The highest BCUT2D eigenvalue weighted by molar-refractivity contribution is 6.17. The second kappa shape index (κ2) is 6.38. The molecular formula is C24H21N2O5+. The average molecular weight is 417 g/mol. The highest BCUT2D eigenvalue weighted by Crippen LogP contribution is 2.46. The average Bonchev–Trinajstić information content (AvgIpc) is 3.25. The molecular weight excluding hydrogens is 396 g/mol. The van der Waals surface area contributed by atoms with E-state index in [1.165, 1.54) is 15.8 Å². The standard InChI is InChI=1S/C24H21N2O5/c1-25(2)24(27)31-23-17-11-26-9-8-13-10-19-22(30-12-29-19)16-5-4-15(21(26)20(13)16)14(17)6-7-18(23)28-3/h4-7,10-11H,8-9,12H2,1-3H3/q+1. The number of benzene rings is 3. The Hall–Kier alpha value is -3.74. The highest BCUT2D eigenvalue weighted by atomic mass is 16.7. The molecule has 0 aliphatic carbocycles. The van der Waals surface area contributed by atoms with E-state index in [0.717, 1.165) is 51.5 Å². The van der Waals surface area contributed by atoms with E-state index in [0.29, 0.717) is 11.5 Å². The zero-order chi connectivity index (χ0) is 21.3. The first-order valence-corrected chi connectivity index (χ1v) is 10.2. The van der Waals surface area contributed by atoms with Crippen LogP contribution in [0.3, 0.4) is 0 Å². The van der Waals surface area contributed by atoms with Gasteiger partial charge in [-0.1, -0.05) is 0 Å². The number of methoxy groups -OCH3 is 1. The van der Waals surface area contributed by atoms with E-state index in [9.17, 15) is 4.79 Å². The first kappa shape index (κ1) is 18.1. The Bertz CT molecular complexity index is 1430. The van der Waals surface area contributed by atoms with Crippen LogP contribution in [0.4, 0.5) is 4.79 Å². The van der Waals surface area contributed by atoms with Crippen molar-refractivity contribution in [2.24, 2.45) is 0 Å². The van der Waals surface area contributed by atoms with Crippen molar-refractivity contribution in [1.82, 2.24) is 4.90 Å². The van der Waals surface area contributed by atoms with Gasteiger partial charge in [0.15, 0.2) is 35.7 Å². The zero-order valence-corrected chi connectivity index (χ0v) is 17.5. The lowest BCUT2D eigenvalue weighted by molar-refractivity contribution is -0.670. The summed E-state index contributed by atoms with van der Waals surface area (Å²) < 4.78 is 24.9. The van der Waals surface area contributed by atoms with Crippen molar-refractivity contribution in [3.63, 3.8) is 0 Å². The third-order valence-corrected chi connectivity index (χ3v) is 6.11. The molecule has 7 heteroatoms. The van der Waals surface area contributed by atoms with Crippen molar-refractivity contribution < 1.29 is 28.3 Å². The van der Waals surface area contributed by atoms with E-state index < -0.39 is 6.09 Å². The van der Waals surface area contributed by atoms with Crippen molar-refractivity contribution in [1.29, 1.82) is 0 Å². The normalized spacial score (nSPS) is 13.9. The minimum atomic E-state index is -0.446. The summed E-state index contributed by atoms with van der Waals surface area (Å²) in [7, 11) is 4.90. The molecule has 0 saturated heterocycles. The molecule has 0 atom stereocenters. The number of rotatable bonds is 2. The number of nitrogens with zero attached hydrogens (tertiary/aromatic N) is 2. The van der Waals surface area contributed by atoms with E-state index in [4.69, 9.17) is 18.9 Å². The molecule has 2 aliphatic rings. The van der Waals surface area contributed by atoms with Crippen LogP contribution in [0.25, 0.3) is 32.4 Å². The molecule has 0 radical (unpaired) electrons. The molecule has 7 nitrogen and oxygen atoms in total. The van der Waals surface area contributed by atoms with Gasteiger partial charge in [0.25, 0.3) is 0 Å². The fourth-order valence-electron chi connectivity index (χ4n) is 4.68. The SMILES string of the molecule is COc1ccc2c(c[n+]3c4c2ccc2c5c(cc(c24)CC3)OCO5)c1OC(=O)N(C)C. The van der Waals surface area contributed by atoms with Gasteiger partial charge >= 0.3 is 6.09 Å². The summed E-state index contributed by atoms with van der Waals surface area (Å²) in [6.45, 7) is 1.07. The molecule has 156 valence electrons. The number of aryl methyl sites for hydroxylation is 2. The second-order valence-corrected chi connectivity index (χ2v) is 8.05. The number of hydrogen-bond donors (Lipinski definition) is 0. The molecule has 3 aromatic carbocycles. The number of carbonyl (C=O) groups is 1. The Morgan fingerprint density at radius 1 is 1.06 bits per heavy atom. The first-order valence-electron chi connectivity index (χ1n) is 10.2. The maximum Gasteiger partial charge on any atom is 0.414 e. The number of pyridine rings is 1. The lowest BCUT2D eigenvalue weighted by atomic mass is 9.93. The Balaban J connectivity index is 1.71. The van der Waals surface area contributed by atoms with Crippen LogP contribution in [0.5, 0.6) is 23.0 Å². The Labute approximate surface area is 178 Å². The quantitative estimate of drug-likeness (QED) is 0.367. The molecule has 0 unspecified atom stereocenters. The van der Waals surface area contributed by atoms with E-state index in [1.807, 2.05) is 12.1 Å². The maximum absolute atomic E-state index is 12.4. The molecule has 0 bridgehead atoms. The molecule has 0 N–H and O–H groups in total. The molecule has 0 spiro atoms. The predicted molar refractivity (Wildman–Crippen MR) is 115 cm³/mol. The third kappa shape index (κ3) is 2.46. The highest BCUT2D eigenvalue weighted by Gasteiger charge is 2.30. The van der Waals surface area contributed by atoms with Crippen molar-refractivity contribution in [3.8, 4) is 23.0 Å². The number of ether oxygens (including phenoxy) is 4. The van der Waals surface area contributed by atoms with Gasteiger partial charge in [-0.25, -0.2) is 4.79 Å². The van der Waals surface area contributed by atoms with Gasteiger partial charge in [0.2, 0.25) is 12.3 Å². The van der Waals surface area contributed by atoms with Gasteiger partial charge < -0.3 is 23.8 Å². The van der Waals surface area contributed by atoms with Crippen LogP contribution in [-0.2, 0) is 13.0 Å². The van der Waals surface area contributed by atoms with Crippen LogP contribution in [-0.4, -0.2) is 39.0 Å². The van der Waals surface area contributed by atoms with E-state index in [-0.39, 0.29) is 6.79 Å². The molecule has 6 rings (SSSR count). The Morgan fingerprint density at radius 3 is 2.68 bits per heavy atom. The molecule has 1 aromatic heterocycles. The summed E-state index contributed by atoms with van der Waals surface area (Å²) in [4.78, 5) is 13.8. The van der Waals surface area contributed by atoms with Gasteiger partial charge in [-0.05, 0) is 35.9 Å². The summed E-state index contributed by atoms with van der Waals surface area (Å²) in [5.74, 6) is 2.58. The number of carbonyl (C=O) groups excluding carboxylic acids is 1. The molecule has 1 amide bonds. The summed E-state index contributed by atoms with van der Waals surface area (Å²) >= 11 is 0. The van der Waals surface area contributed by atoms with Gasteiger partial charge in [0.05, 0.1) is 23.3 Å². The van der Waals surface area contributed by atoms with Gasteiger partial charge in [0.1, 0.15) is 0 Å². The van der Waals surface area contributed by atoms with E-state index in [2.05, 4.69) is 29.0 Å². The fraction of sp³-hybridized carbons (Fsp3) is 0.250. The molecule has 3 heterocycles. The van der Waals surface area contributed by atoms with E-state index >= 15 is 0 Å². The van der Waals surface area contributed by atoms with Gasteiger partial charge in [0, 0.05) is 31.3 Å². The van der Waals surface area contributed by atoms with Crippen LogP contribution in [0.1, 0.15) is 5.56 Å². The van der Waals surface area contributed by atoms with Crippen LogP contribution in [0.15, 0.2) is 36.5 Å². The minimum absolute atomic E-state index is 0.254. The zero-order valence-electron chi connectivity index (χ0n) is 17.5. The summed E-state index contributed by atoms with van der Waals surface area (Å²) in [6, 6.07) is 10.2. The number of hydrogen-bond acceptors (Lipinski definition) is 5. The number of aromatic nitrogens is 1. The lowest BCUT2D eigenvalue weighted by Crippen LogP contribution is -2.38. The fourth-order valence-corrected chi connectivity index (χ4v) is 4.68. The summed E-state index contributed by atoms with van der Waals surface area (Å²) in [5.41, 5.74) is 2.41.